The third-order valence-corrected chi connectivity index (χ3v) is 3.58. The minimum absolute atomic E-state index is 0.826. The molecule has 0 bridgehead atoms. The Morgan fingerprint density at radius 1 is 1.38 bits per heavy atom. The molecular formula is C9H8ClNS2. The van der Waals surface area contributed by atoms with Crippen molar-refractivity contribution >= 4 is 40.0 Å². The first-order valence-corrected chi connectivity index (χ1v) is 6.03. The molecule has 4 heteroatoms. The normalized spacial score (nSPS) is 10.2. The lowest BCUT2D eigenvalue weighted by Gasteiger charge is -1.99. The highest BCUT2D eigenvalue weighted by Crippen LogP contribution is 2.20. The maximum atomic E-state index is 5.81. The molecule has 0 spiro atoms. The molecule has 0 unspecified atom stereocenters. The first-order chi connectivity index (χ1) is 6.34. The Morgan fingerprint density at radius 3 is 2.92 bits per heavy atom. The van der Waals surface area contributed by atoms with Crippen molar-refractivity contribution in [2.45, 2.75) is 6.54 Å². The van der Waals surface area contributed by atoms with Gasteiger partial charge in [0.05, 0.1) is 5.02 Å². The van der Waals surface area contributed by atoms with E-state index in [4.69, 9.17) is 11.6 Å². The number of anilines is 1. The maximum Gasteiger partial charge on any atom is 0.0516 e. The van der Waals surface area contributed by atoms with E-state index in [0.717, 1.165) is 11.6 Å². The van der Waals surface area contributed by atoms with Crippen LogP contribution >= 0.6 is 34.3 Å². The van der Waals surface area contributed by atoms with Crippen molar-refractivity contribution in [3.8, 4) is 0 Å². The van der Waals surface area contributed by atoms with E-state index < -0.39 is 0 Å². The first kappa shape index (κ1) is 9.06. The molecule has 0 fully saturated rings. The second-order valence-corrected chi connectivity index (χ2v) is 4.81. The van der Waals surface area contributed by atoms with E-state index in [-0.39, 0.29) is 0 Å². The van der Waals surface area contributed by atoms with Gasteiger partial charge in [-0.05, 0) is 17.5 Å². The maximum absolute atomic E-state index is 5.81. The van der Waals surface area contributed by atoms with E-state index in [2.05, 4.69) is 22.1 Å². The lowest BCUT2D eigenvalue weighted by Crippen LogP contribution is -1.94. The minimum atomic E-state index is 0.826. The number of thiophene rings is 2. The molecule has 68 valence electrons. The highest BCUT2D eigenvalue weighted by atomic mass is 35.5. The summed E-state index contributed by atoms with van der Waals surface area (Å²) in [4.78, 5) is 1.26. The molecule has 2 rings (SSSR count). The van der Waals surface area contributed by atoms with Crippen LogP contribution in [0.4, 0.5) is 5.69 Å². The van der Waals surface area contributed by atoms with Crippen LogP contribution in [0.5, 0.6) is 0 Å². The summed E-state index contributed by atoms with van der Waals surface area (Å²) in [5, 5.41) is 10.2. The van der Waals surface area contributed by atoms with Crippen LogP contribution in [0.2, 0.25) is 5.02 Å². The summed E-state index contributed by atoms with van der Waals surface area (Å²) in [6.45, 7) is 0.855. The van der Waals surface area contributed by atoms with Crippen molar-refractivity contribution < 1.29 is 0 Å². The quantitative estimate of drug-likeness (QED) is 0.837. The molecule has 0 aromatic carbocycles. The van der Waals surface area contributed by atoms with Gasteiger partial charge >= 0.3 is 0 Å². The van der Waals surface area contributed by atoms with E-state index in [0.29, 0.717) is 0 Å². The van der Waals surface area contributed by atoms with E-state index in [1.807, 2.05) is 11.4 Å². The topological polar surface area (TPSA) is 12.0 Å². The highest BCUT2D eigenvalue weighted by molar-refractivity contribution is 7.10. The molecule has 0 aliphatic rings. The standard InChI is InChI=1S/C9H8ClNS2/c10-7-3-9(13-5-7)4-11-8-1-2-12-6-8/h1-3,5-6,11H,4H2. The summed E-state index contributed by atoms with van der Waals surface area (Å²) in [5.74, 6) is 0. The van der Waals surface area contributed by atoms with Crippen LogP contribution in [-0.4, -0.2) is 0 Å². The zero-order valence-corrected chi connectivity index (χ0v) is 9.18. The fourth-order valence-corrected chi connectivity index (χ4v) is 2.63. The number of halogens is 1. The molecule has 1 nitrogen and oxygen atoms in total. The summed E-state index contributed by atoms with van der Waals surface area (Å²) < 4.78 is 0. The lowest BCUT2D eigenvalue weighted by molar-refractivity contribution is 1.20. The fraction of sp³-hybridized carbons (Fsp3) is 0.111. The lowest BCUT2D eigenvalue weighted by atomic mass is 10.4. The average molecular weight is 230 g/mol. The molecule has 0 aliphatic heterocycles. The predicted molar refractivity (Wildman–Crippen MR) is 61.0 cm³/mol. The van der Waals surface area contributed by atoms with Crippen molar-refractivity contribution in [1.29, 1.82) is 0 Å². The third-order valence-electron chi connectivity index (χ3n) is 1.61. The van der Waals surface area contributed by atoms with Gasteiger partial charge in [-0.15, -0.1) is 11.3 Å². The van der Waals surface area contributed by atoms with E-state index in [9.17, 15) is 0 Å². The second-order valence-electron chi connectivity index (χ2n) is 2.60. The number of hydrogen-bond acceptors (Lipinski definition) is 3. The molecule has 0 radical (unpaired) electrons. The van der Waals surface area contributed by atoms with Crippen LogP contribution in [0.15, 0.2) is 28.3 Å². The van der Waals surface area contributed by atoms with Crippen LogP contribution in [0.1, 0.15) is 4.88 Å². The SMILES string of the molecule is Clc1csc(CNc2ccsc2)c1. The molecule has 2 aromatic heterocycles. The van der Waals surface area contributed by atoms with Gasteiger partial charge in [-0.1, -0.05) is 11.6 Å². The van der Waals surface area contributed by atoms with Crippen LogP contribution in [0, 0.1) is 0 Å². The first-order valence-electron chi connectivity index (χ1n) is 3.83. The van der Waals surface area contributed by atoms with Crippen molar-refractivity contribution in [3.05, 3.63) is 38.2 Å². The Bertz CT molecular complexity index is 367. The van der Waals surface area contributed by atoms with E-state index in [1.54, 1.807) is 22.7 Å². The fourth-order valence-electron chi connectivity index (χ4n) is 1.00. The Hall–Kier alpha value is -0.510. The molecule has 2 heterocycles. The van der Waals surface area contributed by atoms with Crippen LogP contribution in [-0.2, 0) is 6.54 Å². The number of rotatable bonds is 3. The Kier molecular flexibility index (Phi) is 2.88. The van der Waals surface area contributed by atoms with Gasteiger partial charge in [-0.25, -0.2) is 0 Å². The van der Waals surface area contributed by atoms with Gasteiger partial charge in [-0.2, -0.15) is 11.3 Å². The van der Waals surface area contributed by atoms with E-state index >= 15 is 0 Å². The molecule has 0 amide bonds. The summed E-state index contributed by atoms with van der Waals surface area (Å²) in [5.41, 5.74) is 1.18. The van der Waals surface area contributed by atoms with Crippen molar-refractivity contribution in [2.75, 3.05) is 5.32 Å². The van der Waals surface area contributed by atoms with Gasteiger partial charge in [0.2, 0.25) is 0 Å². The van der Waals surface area contributed by atoms with Crippen LogP contribution in [0.3, 0.4) is 0 Å². The zero-order chi connectivity index (χ0) is 9.10. The summed E-state index contributed by atoms with van der Waals surface area (Å²) in [6.07, 6.45) is 0. The van der Waals surface area contributed by atoms with Gasteiger partial charge in [0.1, 0.15) is 0 Å². The largest absolute Gasteiger partial charge is 0.379 e. The second kappa shape index (κ2) is 4.13. The van der Waals surface area contributed by atoms with E-state index in [1.165, 1.54) is 10.6 Å². The number of nitrogens with one attached hydrogen (secondary N) is 1. The van der Waals surface area contributed by atoms with Gasteiger partial charge in [0.25, 0.3) is 0 Å². The van der Waals surface area contributed by atoms with Crippen LogP contribution < -0.4 is 5.32 Å². The zero-order valence-electron chi connectivity index (χ0n) is 6.79. The molecule has 13 heavy (non-hydrogen) atoms. The van der Waals surface area contributed by atoms with Gasteiger partial charge in [0.15, 0.2) is 0 Å². The minimum Gasteiger partial charge on any atom is -0.379 e. The average Bonchev–Trinajstić information content (AvgIpc) is 2.71. The molecule has 0 saturated heterocycles. The van der Waals surface area contributed by atoms with Crippen molar-refractivity contribution in [2.24, 2.45) is 0 Å². The van der Waals surface area contributed by atoms with Crippen molar-refractivity contribution in [3.63, 3.8) is 0 Å². The van der Waals surface area contributed by atoms with Gasteiger partial charge < -0.3 is 5.32 Å². The molecule has 0 atom stereocenters. The van der Waals surface area contributed by atoms with Gasteiger partial charge in [-0.3, -0.25) is 0 Å². The summed E-state index contributed by atoms with van der Waals surface area (Å²) in [7, 11) is 0. The number of hydrogen-bond donors (Lipinski definition) is 1. The Balaban J connectivity index is 1.93. The van der Waals surface area contributed by atoms with Gasteiger partial charge in [0, 0.05) is 27.9 Å². The molecule has 1 N–H and O–H groups in total. The molecule has 2 aromatic rings. The Labute approximate surface area is 90.0 Å². The summed E-state index contributed by atoms with van der Waals surface area (Å²) in [6, 6.07) is 4.06. The Morgan fingerprint density at radius 2 is 2.31 bits per heavy atom. The third kappa shape index (κ3) is 2.46. The predicted octanol–water partition coefficient (Wildman–Crippen LogP) is 4.08. The molecule has 0 saturated carbocycles. The van der Waals surface area contributed by atoms with Crippen LogP contribution in [0.25, 0.3) is 0 Å². The smallest absolute Gasteiger partial charge is 0.0516 e. The summed E-state index contributed by atoms with van der Waals surface area (Å²) >= 11 is 9.18. The molecular weight excluding hydrogens is 222 g/mol. The highest BCUT2D eigenvalue weighted by Gasteiger charge is 1.97. The molecule has 0 aliphatic carbocycles. The van der Waals surface area contributed by atoms with Crippen molar-refractivity contribution in [1.82, 2.24) is 0 Å². The monoisotopic (exact) mass is 229 g/mol.